The van der Waals surface area contributed by atoms with Crippen molar-refractivity contribution < 1.29 is 148 Å². The number of ether oxygens (including phenoxy) is 2. The molecule has 0 saturated heterocycles. The molecular weight excluding hydrogens is 1130 g/mol. The molecule has 0 saturated carbocycles. The summed E-state index contributed by atoms with van der Waals surface area (Å²) in [4.78, 5) is 62.2. The van der Waals surface area contributed by atoms with E-state index in [0.717, 1.165) is 33.4 Å². The van der Waals surface area contributed by atoms with Gasteiger partial charge < -0.3 is 26.4 Å². The van der Waals surface area contributed by atoms with Crippen molar-refractivity contribution in [1.29, 1.82) is 0 Å². The first-order valence-electron chi connectivity index (χ1n) is 25.6. The van der Waals surface area contributed by atoms with Crippen LogP contribution in [-0.2, 0) is 9.68 Å². The molecular formula is C63H90Cl3K2N3O9. The number of Topliss-reactive ketones (excluding diaryl/α,β-unsaturated/α-hetero) is 1. The molecule has 12 nitrogen and oxygen atoms in total. The summed E-state index contributed by atoms with van der Waals surface area (Å²) in [6, 6.07) is 21.6. The first-order chi connectivity index (χ1) is 35.9. The first-order valence-corrected chi connectivity index (χ1v) is 27.1. The van der Waals surface area contributed by atoms with Crippen molar-refractivity contribution >= 4 is 64.1 Å². The number of carbonyl (C=O) groups is 5. The van der Waals surface area contributed by atoms with Crippen LogP contribution in [0.4, 0.5) is 0 Å². The molecule has 0 heterocycles. The fourth-order valence-electron chi connectivity index (χ4n) is 7.67. The van der Waals surface area contributed by atoms with Crippen LogP contribution in [-0.4, -0.2) is 61.0 Å². The van der Waals surface area contributed by atoms with Gasteiger partial charge in [0.25, 0.3) is 23.5 Å². The molecule has 0 fully saturated rings. The molecule has 3 atom stereocenters. The number of ketones is 1. The molecule has 0 aliphatic carbocycles. The SMILES string of the molecule is COc1cccc(C(=O)NC(C(=O)c2cc(C)cc(C)c2)C(/C=C(\C)C(C)(C)C)C(C)(C)C)c1C.COc1cccc(C(=O)NNC(/C=C(\C)C(C)(C)C)C(C)(C)C)c1C.Cc1cc(C)cc(C(=O)Cl)c1.ClCCl.O=CO[O-].[H-].[K+].[K+]. The largest absolute Gasteiger partial charge is 1.00 e. The average Bonchev–Trinajstić information content (AvgIpc) is 3.32. The van der Waals surface area contributed by atoms with Gasteiger partial charge in [-0.2, -0.15) is 0 Å². The van der Waals surface area contributed by atoms with Gasteiger partial charge in [-0.1, -0.05) is 153 Å². The minimum Gasteiger partial charge on any atom is -1.00 e. The number of carbonyl (C=O) groups excluding carboxylic acids is 5. The monoisotopic (exact) mass is 1220 g/mol. The third-order valence-electron chi connectivity index (χ3n) is 12.9. The Morgan fingerprint density at radius 2 is 0.975 bits per heavy atom. The van der Waals surface area contributed by atoms with Crippen molar-refractivity contribution in [3.8, 4) is 11.5 Å². The van der Waals surface area contributed by atoms with Crippen LogP contribution in [0, 0.1) is 69.1 Å². The predicted octanol–water partition coefficient (Wildman–Crippen LogP) is 8.56. The molecule has 0 radical (unpaired) electrons. The van der Waals surface area contributed by atoms with Gasteiger partial charge in [0, 0.05) is 45.3 Å². The number of amides is 2. The van der Waals surface area contributed by atoms with E-state index >= 15 is 0 Å². The minimum atomic E-state index is -0.730. The maximum atomic E-state index is 14.1. The summed E-state index contributed by atoms with van der Waals surface area (Å²) in [5, 5.41) is 11.4. The van der Waals surface area contributed by atoms with Crippen molar-refractivity contribution in [1.82, 2.24) is 16.2 Å². The molecule has 3 N–H and O–H groups in total. The zero-order valence-corrected chi connectivity index (χ0v) is 60.9. The first kappa shape index (κ1) is 82.0. The van der Waals surface area contributed by atoms with Gasteiger partial charge in [0.2, 0.25) is 0 Å². The number of rotatable bonds is 14. The third-order valence-corrected chi connectivity index (χ3v) is 13.1. The maximum Gasteiger partial charge on any atom is 1.00 e. The van der Waals surface area contributed by atoms with E-state index < -0.39 is 11.3 Å². The Morgan fingerprint density at radius 1 is 0.613 bits per heavy atom. The van der Waals surface area contributed by atoms with Gasteiger partial charge in [-0.15, -0.1) is 23.2 Å². The molecule has 4 rings (SSSR count). The molecule has 0 bridgehead atoms. The Labute approximate surface area is 581 Å². The third kappa shape index (κ3) is 29.5. The number of nitrogens with one attached hydrogen (secondary N) is 3. The number of aryl methyl sites for hydroxylation is 4. The smallest absolute Gasteiger partial charge is 1.00 e. The summed E-state index contributed by atoms with van der Waals surface area (Å²) >= 11 is 14.8. The number of alkyl halides is 2. The van der Waals surface area contributed by atoms with Crippen LogP contribution >= 0.6 is 34.8 Å². The second kappa shape index (κ2) is 38.7. The van der Waals surface area contributed by atoms with Gasteiger partial charge >= 0.3 is 103 Å². The number of halogens is 3. The number of hydrogen-bond acceptors (Lipinski definition) is 10. The normalized spacial score (nSPS) is 12.5. The standard InChI is InChI=1S/C31H43NO3.C21H34N2O2.C9H9ClO.CH2Cl2.CH2O3.2K.H/c1-19-15-20(2)17-23(16-19)28(33)27(25(31(8,9)10)18-21(3)30(5,6)7)32-29(34)24-13-12-14-26(35-11)22(24)4;1-14(20(3,4)5)13-18(21(6,7)8)22-23-19(24)16-11-10-12-17(25-9)15(16)2;1-6-3-7(2)5-8(4-6)9(10)11;2-1-3;2-1-4-3;;;/h12-18,25,27H,1-11H3,(H,32,34);10-13,18,22H,1-9H3,(H,23,24);3-5H,1-2H3;1H2;1,3H;;;/q;;;;;2*+1;-1/p-1/b21-18+;14-13+;;;;;;. The molecule has 80 heavy (non-hydrogen) atoms. The molecule has 2 amide bonds. The Balaban J connectivity index is -0.000000559. The van der Waals surface area contributed by atoms with Gasteiger partial charge in [0.05, 0.1) is 25.6 Å². The Bertz CT molecular complexity index is 2650. The van der Waals surface area contributed by atoms with E-state index in [9.17, 15) is 19.2 Å². The van der Waals surface area contributed by atoms with E-state index in [-0.39, 0.29) is 167 Å². The summed E-state index contributed by atoms with van der Waals surface area (Å²) in [6.45, 7) is 41.5. The average molecular weight is 1220 g/mol. The fraction of sp³-hybridized carbons (Fsp3) is 0.476. The number of hydrazine groups is 1. The molecule has 0 aromatic heterocycles. The van der Waals surface area contributed by atoms with Crippen LogP contribution in [0.3, 0.4) is 0 Å². The van der Waals surface area contributed by atoms with Crippen molar-refractivity contribution in [3.63, 3.8) is 0 Å². The van der Waals surface area contributed by atoms with E-state index in [1.54, 1.807) is 44.6 Å². The van der Waals surface area contributed by atoms with Crippen molar-refractivity contribution in [3.05, 3.63) is 152 Å². The van der Waals surface area contributed by atoms with E-state index in [1.807, 2.05) is 77.9 Å². The van der Waals surface area contributed by atoms with E-state index in [2.05, 4.69) is 136 Å². The maximum absolute atomic E-state index is 14.1. The Kier molecular flexibility index (Phi) is 39.6. The van der Waals surface area contributed by atoms with E-state index in [0.29, 0.717) is 33.8 Å². The quantitative estimate of drug-likeness (QED) is 0.0162. The number of allylic oxidation sites excluding steroid dienone is 2. The molecule has 0 aliphatic rings. The van der Waals surface area contributed by atoms with Gasteiger partial charge in [-0.25, -0.2) is 5.43 Å². The second-order valence-electron chi connectivity index (χ2n) is 23.4. The van der Waals surface area contributed by atoms with Crippen molar-refractivity contribution in [2.45, 2.75) is 151 Å². The van der Waals surface area contributed by atoms with Crippen LogP contribution in [0.1, 0.15) is 173 Å². The molecule has 0 spiro atoms. The van der Waals surface area contributed by atoms with E-state index in [1.165, 1.54) is 11.1 Å². The molecule has 0 aliphatic heterocycles. The number of hydrogen-bond donors (Lipinski definition) is 3. The van der Waals surface area contributed by atoms with Crippen LogP contribution < -0.4 is 134 Å². The van der Waals surface area contributed by atoms with Crippen LogP contribution in [0.25, 0.3) is 0 Å². The van der Waals surface area contributed by atoms with Gasteiger partial charge in [-0.05, 0) is 137 Å². The van der Waals surface area contributed by atoms with Gasteiger partial charge in [-0.3, -0.25) is 29.4 Å². The van der Waals surface area contributed by atoms with Crippen LogP contribution in [0.5, 0.6) is 11.5 Å². The van der Waals surface area contributed by atoms with Crippen LogP contribution in [0.15, 0.2) is 96.1 Å². The zero-order valence-electron chi connectivity index (χ0n) is 53.4. The summed E-state index contributed by atoms with van der Waals surface area (Å²) < 4.78 is 10.7. The van der Waals surface area contributed by atoms with E-state index in [4.69, 9.17) is 54.3 Å². The topological polar surface area (TPSA) is 172 Å². The van der Waals surface area contributed by atoms with Crippen molar-refractivity contribution in [2.24, 2.45) is 27.6 Å². The Morgan fingerprint density at radius 3 is 1.30 bits per heavy atom. The summed E-state index contributed by atoms with van der Waals surface area (Å²) in [6.07, 6.45) is 4.39. The van der Waals surface area contributed by atoms with Gasteiger partial charge in [0.15, 0.2) is 5.78 Å². The van der Waals surface area contributed by atoms with Gasteiger partial charge in [0.1, 0.15) is 11.5 Å². The summed E-state index contributed by atoms with van der Waals surface area (Å²) in [5.74, 6) is 0.621. The van der Waals surface area contributed by atoms with Crippen LogP contribution in [0.2, 0.25) is 0 Å². The molecule has 4 aromatic rings. The minimum absolute atomic E-state index is 0. The molecule has 4 aromatic carbocycles. The fourth-order valence-corrected chi connectivity index (χ4v) is 7.78. The molecule has 434 valence electrons. The summed E-state index contributed by atoms with van der Waals surface area (Å²) in [7, 11) is 3.20. The summed E-state index contributed by atoms with van der Waals surface area (Å²) in [5.41, 5.74) is 16.3. The second-order valence-corrected chi connectivity index (χ2v) is 24.6. The molecule has 17 heteroatoms. The number of methoxy groups -OCH3 is 2. The number of benzene rings is 4. The zero-order chi connectivity index (χ0) is 60.7. The predicted molar refractivity (Wildman–Crippen MR) is 321 cm³/mol. The Hall–Kier alpha value is -2.23. The van der Waals surface area contributed by atoms with Crippen molar-refractivity contribution in [2.75, 3.05) is 19.6 Å². The molecule has 3 unspecified atom stereocenters.